The van der Waals surface area contributed by atoms with Crippen LogP contribution < -0.4 is 10.6 Å². The summed E-state index contributed by atoms with van der Waals surface area (Å²) in [5.74, 6) is -1.97. The number of carbonyl (C=O) groups is 4. The zero-order valence-electron chi connectivity index (χ0n) is 25.5. The van der Waals surface area contributed by atoms with E-state index in [0.29, 0.717) is 11.1 Å². The number of carbonyl (C=O) groups excluding carboxylic acids is 4. The van der Waals surface area contributed by atoms with E-state index in [-0.39, 0.29) is 25.4 Å². The quantitative estimate of drug-likeness (QED) is 0.279. The van der Waals surface area contributed by atoms with Crippen LogP contribution in [-0.4, -0.2) is 59.6 Å². The summed E-state index contributed by atoms with van der Waals surface area (Å²) >= 11 is 0. The Hall–Kier alpha value is -4.54. The number of benzene rings is 1. The number of nitrogens with zero attached hydrogens (tertiary/aromatic N) is 1. The number of hydrogen-bond acceptors (Lipinski definition) is 8. The van der Waals surface area contributed by atoms with Crippen LogP contribution in [0.25, 0.3) is 0 Å². The molecule has 11 heteroatoms. The molecule has 3 rings (SSSR count). The molecule has 0 unspecified atom stereocenters. The smallest absolute Gasteiger partial charge is 0.408 e. The van der Waals surface area contributed by atoms with E-state index in [1.165, 1.54) is 37.0 Å². The van der Waals surface area contributed by atoms with E-state index in [4.69, 9.17) is 18.3 Å². The fourth-order valence-corrected chi connectivity index (χ4v) is 4.30. The van der Waals surface area contributed by atoms with Gasteiger partial charge in [-0.3, -0.25) is 9.59 Å². The third-order valence-corrected chi connectivity index (χ3v) is 6.57. The molecule has 0 aliphatic heterocycles. The molecule has 3 atom stereocenters. The van der Waals surface area contributed by atoms with Gasteiger partial charge in [-0.2, -0.15) is 0 Å². The van der Waals surface area contributed by atoms with Gasteiger partial charge in [-0.25, -0.2) is 9.59 Å². The molecule has 0 aliphatic carbocycles. The van der Waals surface area contributed by atoms with Crippen molar-refractivity contribution in [2.45, 2.75) is 77.8 Å². The minimum atomic E-state index is -1.09. The first kappa shape index (κ1) is 33.0. The highest BCUT2D eigenvalue weighted by Crippen LogP contribution is 2.16. The van der Waals surface area contributed by atoms with E-state index in [2.05, 4.69) is 10.6 Å². The fraction of sp³-hybridized carbons (Fsp3) is 0.438. The lowest BCUT2D eigenvalue weighted by Crippen LogP contribution is -2.58. The molecule has 0 radical (unpaired) electrons. The van der Waals surface area contributed by atoms with Crippen molar-refractivity contribution in [3.8, 4) is 0 Å². The average molecular weight is 596 g/mol. The van der Waals surface area contributed by atoms with Gasteiger partial charge in [-0.1, -0.05) is 44.2 Å². The van der Waals surface area contributed by atoms with E-state index < -0.39 is 47.6 Å². The van der Waals surface area contributed by atoms with Crippen molar-refractivity contribution >= 4 is 23.9 Å². The van der Waals surface area contributed by atoms with Gasteiger partial charge < -0.3 is 33.8 Å². The SMILES string of the molecule is CC(C)[C@H](NC(=O)[C@H](Cc1ccoc1)N(C)C(=O)[C@H](Cc1ccoc1)NC(=O)OCc1ccccc1)C(=O)OC(C)(C)C. The molecule has 2 aromatic heterocycles. The lowest BCUT2D eigenvalue weighted by atomic mass is 10.0. The van der Waals surface area contributed by atoms with Gasteiger partial charge in [-0.05, 0) is 55.5 Å². The normalized spacial score (nSPS) is 13.5. The van der Waals surface area contributed by atoms with Crippen molar-refractivity contribution in [1.29, 1.82) is 0 Å². The third kappa shape index (κ3) is 10.4. The predicted octanol–water partition coefficient (Wildman–Crippen LogP) is 4.26. The van der Waals surface area contributed by atoms with E-state index >= 15 is 0 Å². The van der Waals surface area contributed by atoms with Crippen molar-refractivity contribution in [2.24, 2.45) is 5.92 Å². The van der Waals surface area contributed by atoms with Gasteiger partial charge in [-0.15, -0.1) is 0 Å². The molecule has 3 amide bonds. The summed E-state index contributed by atoms with van der Waals surface area (Å²) in [7, 11) is 1.48. The minimum Gasteiger partial charge on any atom is -0.472 e. The number of ether oxygens (including phenoxy) is 2. The van der Waals surface area contributed by atoms with Crippen molar-refractivity contribution < 1.29 is 37.5 Å². The Kier molecular flexibility index (Phi) is 11.6. The first-order chi connectivity index (χ1) is 20.3. The Bertz CT molecular complexity index is 1310. The van der Waals surface area contributed by atoms with E-state index in [1.807, 2.05) is 30.3 Å². The van der Waals surface area contributed by atoms with Crippen molar-refractivity contribution in [1.82, 2.24) is 15.5 Å². The molecule has 0 bridgehead atoms. The summed E-state index contributed by atoms with van der Waals surface area (Å²) in [6.45, 7) is 8.84. The van der Waals surface area contributed by atoms with Crippen LogP contribution in [0.1, 0.15) is 51.3 Å². The summed E-state index contributed by atoms with van der Waals surface area (Å²) in [6.07, 6.45) is 5.28. The Morgan fingerprint density at radius 3 is 2.00 bits per heavy atom. The third-order valence-electron chi connectivity index (χ3n) is 6.57. The monoisotopic (exact) mass is 595 g/mol. The minimum absolute atomic E-state index is 0.0158. The number of furan rings is 2. The van der Waals surface area contributed by atoms with E-state index in [1.54, 1.807) is 46.8 Å². The molecule has 0 spiro atoms. The Morgan fingerprint density at radius 2 is 1.47 bits per heavy atom. The first-order valence-electron chi connectivity index (χ1n) is 14.1. The molecule has 0 fully saturated rings. The van der Waals surface area contributed by atoms with Crippen LogP contribution in [0, 0.1) is 5.92 Å². The molecule has 2 N–H and O–H groups in total. The van der Waals surface area contributed by atoms with Crippen molar-refractivity contribution in [2.75, 3.05) is 7.05 Å². The number of likely N-dealkylation sites (N-methyl/N-ethyl adjacent to an activating group) is 1. The largest absolute Gasteiger partial charge is 0.472 e. The summed E-state index contributed by atoms with van der Waals surface area (Å²) < 4.78 is 21.2. The van der Waals surface area contributed by atoms with Crippen LogP contribution in [0.2, 0.25) is 0 Å². The summed E-state index contributed by atoms with van der Waals surface area (Å²) in [4.78, 5) is 54.7. The molecule has 11 nitrogen and oxygen atoms in total. The zero-order chi connectivity index (χ0) is 31.6. The Balaban J connectivity index is 1.82. The topological polar surface area (TPSA) is 140 Å². The van der Waals surface area contributed by atoms with Crippen LogP contribution in [0.15, 0.2) is 76.4 Å². The molecule has 3 aromatic rings. The molecule has 43 heavy (non-hydrogen) atoms. The molecular weight excluding hydrogens is 554 g/mol. The van der Waals surface area contributed by atoms with Crippen LogP contribution >= 0.6 is 0 Å². The number of amides is 3. The molecule has 232 valence electrons. The number of esters is 1. The highest BCUT2D eigenvalue weighted by atomic mass is 16.6. The molecule has 2 heterocycles. The van der Waals surface area contributed by atoms with Crippen LogP contribution in [0.4, 0.5) is 4.79 Å². The average Bonchev–Trinajstić information content (AvgIpc) is 3.66. The highest BCUT2D eigenvalue weighted by Gasteiger charge is 2.36. The second kappa shape index (κ2) is 15.1. The summed E-state index contributed by atoms with van der Waals surface area (Å²) in [5, 5.41) is 5.43. The van der Waals surface area contributed by atoms with Crippen molar-refractivity contribution in [3.05, 3.63) is 84.2 Å². The molecule has 0 aliphatic rings. The molecular formula is C32H41N3O8. The number of nitrogens with one attached hydrogen (secondary N) is 2. The van der Waals surface area contributed by atoms with Crippen LogP contribution in [0.5, 0.6) is 0 Å². The first-order valence-corrected chi connectivity index (χ1v) is 14.1. The summed E-state index contributed by atoms with van der Waals surface area (Å²) in [6, 6.07) is 9.42. The fourth-order valence-electron chi connectivity index (χ4n) is 4.30. The lowest BCUT2D eigenvalue weighted by molar-refractivity contribution is -0.160. The second-order valence-electron chi connectivity index (χ2n) is 11.7. The molecule has 0 saturated carbocycles. The van der Waals surface area contributed by atoms with Gasteiger partial charge in [0.15, 0.2) is 0 Å². The predicted molar refractivity (Wildman–Crippen MR) is 158 cm³/mol. The summed E-state index contributed by atoms with van der Waals surface area (Å²) in [5.41, 5.74) is 1.36. The van der Waals surface area contributed by atoms with Gasteiger partial charge in [0.05, 0.1) is 25.1 Å². The zero-order valence-corrected chi connectivity index (χ0v) is 25.5. The van der Waals surface area contributed by atoms with E-state index in [0.717, 1.165) is 5.56 Å². The van der Waals surface area contributed by atoms with Crippen LogP contribution in [-0.2, 0) is 43.3 Å². The van der Waals surface area contributed by atoms with Gasteiger partial charge in [0.1, 0.15) is 30.3 Å². The maximum atomic E-state index is 13.9. The second-order valence-corrected chi connectivity index (χ2v) is 11.7. The van der Waals surface area contributed by atoms with Crippen LogP contribution in [0.3, 0.4) is 0 Å². The lowest BCUT2D eigenvalue weighted by Gasteiger charge is -2.32. The van der Waals surface area contributed by atoms with Crippen molar-refractivity contribution in [3.63, 3.8) is 0 Å². The highest BCUT2D eigenvalue weighted by molar-refractivity contribution is 5.93. The van der Waals surface area contributed by atoms with Gasteiger partial charge in [0, 0.05) is 19.9 Å². The maximum Gasteiger partial charge on any atom is 0.408 e. The van der Waals surface area contributed by atoms with Gasteiger partial charge in [0.2, 0.25) is 11.8 Å². The van der Waals surface area contributed by atoms with Gasteiger partial charge >= 0.3 is 12.1 Å². The Labute approximate surface area is 251 Å². The number of alkyl carbamates (subject to hydrolysis) is 1. The maximum absolute atomic E-state index is 13.9. The standard InChI is InChI=1S/C32H41N3O8/c1-21(2)27(30(38)43-32(3,4)5)34-28(36)26(17-24-13-15-41-19-24)35(6)29(37)25(16-23-12-14-40-18-23)33-31(39)42-20-22-10-8-7-9-11-22/h7-15,18-19,21,25-27H,16-17,20H2,1-6H3,(H,33,39)(H,34,36)/t25-,26-,27-/m0/s1. The number of rotatable bonds is 13. The van der Waals surface area contributed by atoms with Gasteiger partial charge in [0.25, 0.3) is 0 Å². The molecule has 1 aromatic carbocycles. The Morgan fingerprint density at radius 1 is 0.860 bits per heavy atom. The molecule has 0 saturated heterocycles. The van der Waals surface area contributed by atoms with E-state index in [9.17, 15) is 19.2 Å². The number of hydrogen-bond donors (Lipinski definition) is 2.